The molecule has 6 nitrogen and oxygen atoms in total. The van der Waals surface area contributed by atoms with Crippen LogP contribution in [0.3, 0.4) is 0 Å². The van der Waals surface area contributed by atoms with Crippen LogP contribution in [0.2, 0.25) is 0 Å². The van der Waals surface area contributed by atoms with Gasteiger partial charge in [-0.15, -0.1) is 0 Å². The van der Waals surface area contributed by atoms with Crippen LogP contribution in [0.5, 0.6) is 11.5 Å². The van der Waals surface area contributed by atoms with Crippen LogP contribution in [0.15, 0.2) is 18.2 Å². The van der Waals surface area contributed by atoms with Gasteiger partial charge in [0.05, 0.1) is 12.9 Å². The van der Waals surface area contributed by atoms with E-state index >= 15 is 0 Å². The smallest absolute Gasteiger partial charge is 0.387 e. The highest BCUT2D eigenvalue weighted by Crippen LogP contribution is 2.30. The third kappa shape index (κ3) is 5.56. The summed E-state index contributed by atoms with van der Waals surface area (Å²) in [5.74, 6) is -0.994. The molecular weight excluding hydrogens is 392 g/mol. The minimum atomic E-state index is -3.79. The maximum absolute atomic E-state index is 12.8. The van der Waals surface area contributed by atoms with Gasteiger partial charge in [-0.2, -0.15) is 8.78 Å². The Balaban J connectivity index is 2.12. The van der Waals surface area contributed by atoms with Gasteiger partial charge in [0, 0.05) is 13.1 Å². The monoisotopic (exact) mass is 419 g/mol. The first-order chi connectivity index (χ1) is 13.2. The fourth-order valence-corrected chi connectivity index (χ4v) is 4.81. The Hall–Kier alpha value is -1.90. The maximum Gasteiger partial charge on any atom is 0.387 e. The predicted molar refractivity (Wildman–Crippen MR) is 101 cm³/mol. The second-order valence-corrected chi connectivity index (χ2v) is 9.38. The lowest BCUT2D eigenvalue weighted by atomic mass is 9.94. The largest absolute Gasteiger partial charge is 0.493 e. The Morgan fingerprint density at radius 1 is 1.21 bits per heavy atom. The molecule has 0 heterocycles. The zero-order chi connectivity index (χ0) is 20.9. The number of carbonyl (C=O) groups excluding carboxylic acids is 1. The van der Waals surface area contributed by atoms with Crippen LogP contribution in [-0.4, -0.2) is 51.3 Å². The van der Waals surface area contributed by atoms with E-state index in [1.54, 1.807) is 11.9 Å². The van der Waals surface area contributed by atoms with Crippen molar-refractivity contribution in [3.05, 3.63) is 23.8 Å². The first-order valence-corrected chi connectivity index (χ1v) is 11.0. The van der Waals surface area contributed by atoms with Crippen molar-refractivity contribution < 1.29 is 31.5 Å². The number of methoxy groups -OCH3 is 1. The van der Waals surface area contributed by atoms with E-state index < -0.39 is 33.4 Å². The fourth-order valence-electron chi connectivity index (χ4n) is 3.44. The number of hydrogen-bond acceptors (Lipinski definition) is 5. The van der Waals surface area contributed by atoms with E-state index in [1.807, 2.05) is 0 Å². The van der Waals surface area contributed by atoms with Crippen molar-refractivity contribution in [2.45, 2.75) is 62.7 Å². The van der Waals surface area contributed by atoms with Gasteiger partial charge in [0.2, 0.25) is 5.91 Å². The van der Waals surface area contributed by atoms with E-state index in [2.05, 4.69) is 4.74 Å². The maximum atomic E-state index is 12.8. The summed E-state index contributed by atoms with van der Waals surface area (Å²) < 4.78 is 59.7. The molecule has 1 aromatic carbocycles. The topological polar surface area (TPSA) is 72.9 Å². The molecular formula is C19H27F2NO5S. The highest BCUT2D eigenvalue weighted by molar-refractivity contribution is 7.92. The molecule has 158 valence electrons. The van der Waals surface area contributed by atoms with Crippen LogP contribution in [-0.2, 0) is 20.4 Å². The van der Waals surface area contributed by atoms with Crippen molar-refractivity contribution in [3.8, 4) is 11.5 Å². The van der Waals surface area contributed by atoms with Crippen molar-refractivity contribution in [1.82, 2.24) is 4.90 Å². The molecule has 0 aromatic heterocycles. The summed E-state index contributed by atoms with van der Waals surface area (Å²) in [6, 6.07) is 4.01. The number of ether oxygens (including phenoxy) is 2. The van der Waals surface area contributed by atoms with Gasteiger partial charge in [-0.25, -0.2) is 8.42 Å². The molecule has 0 radical (unpaired) electrons. The summed E-state index contributed by atoms with van der Waals surface area (Å²) in [5, 5.41) is -1.19. The number of hydrogen-bond donors (Lipinski definition) is 0. The standard InChI is InChI=1S/C19H27F2NO5S/c1-13(18(23)22(2)15-7-5-4-6-8-15)28(24,25)12-14-9-10-16(27-19(20)21)17(11-14)26-3/h9-11,13,15,19H,4-8,12H2,1-3H3. The molecule has 1 amide bonds. The first-order valence-electron chi connectivity index (χ1n) is 9.25. The molecule has 0 aliphatic heterocycles. The van der Waals surface area contributed by atoms with Crippen molar-refractivity contribution >= 4 is 15.7 Å². The van der Waals surface area contributed by atoms with Crippen LogP contribution in [0.1, 0.15) is 44.6 Å². The average molecular weight is 419 g/mol. The number of alkyl halides is 2. The van der Waals surface area contributed by atoms with E-state index in [0.717, 1.165) is 32.1 Å². The van der Waals surface area contributed by atoms with Gasteiger partial charge in [0.15, 0.2) is 21.3 Å². The van der Waals surface area contributed by atoms with Crippen LogP contribution in [0.4, 0.5) is 8.78 Å². The highest BCUT2D eigenvalue weighted by Gasteiger charge is 2.33. The number of rotatable bonds is 8. The number of carbonyl (C=O) groups is 1. The van der Waals surface area contributed by atoms with E-state index in [1.165, 1.54) is 32.2 Å². The zero-order valence-electron chi connectivity index (χ0n) is 16.4. The number of amides is 1. The molecule has 1 saturated carbocycles. The van der Waals surface area contributed by atoms with E-state index in [0.29, 0.717) is 5.56 Å². The van der Waals surface area contributed by atoms with Gasteiger partial charge in [-0.05, 0) is 37.5 Å². The normalized spacial score (nSPS) is 16.6. The first kappa shape index (κ1) is 22.4. The minimum absolute atomic E-state index is 0.00584. The Kier molecular flexibility index (Phi) is 7.63. The highest BCUT2D eigenvalue weighted by atomic mass is 32.2. The van der Waals surface area contributed by atoms with Gasteiger partial charge in [0.1, 0.15) is 5.25 Å². The van der Waals surface area contributed by atoms with Gasteiger partial charge in [-0.3, -0.25) is 4.79 Å². The summed E-state index contributed by atoms with van der Waals surface area (Å²) in [6.07, 6.45) is 4.99. The molecule has 1 fully saturated rings. The molecule has 0 saturated heterocycles. The molecule has 2 rings (SSSR count). The summed E-state index contributed by atoms with van der Waals surface area (Å²) in [7, 11) is -0.861. The lowest BCUT2D eigenvalue weighted by Gasteiger charge is -2.32. The van der Waals surface area contributed by atoms with Crippen molar-refractivity contribution in [2.24, 2.45) is 0 Å². The lowest BCUT2D eigenvalue weighted by molar-refractivity contribution is -0.131. The average Bonchev–Trinajstić information content (AvgIpc) is 2.67. The van der Waals surface area contributed by atoms with Crippen LogP contribution >= 0.6 is 0 Å². The lowest BCUT2D eigenvalue weighted by Crippen LogP contribution is -2.45. The molecule has 0 bridgehead atoms. The number of benzene rings is 1. The SMILES string of the molecule is COc1cc(CS(=O)(=O)C(C)C(=O)N(C)C2CCCCC2)ccc1OC(F)F. The van der Waals surface area contributed by atoms with Crippen LogP contribution in [0, 0.1) is 0 Å². The molecule has 1 unspecified atom stereocenters. The summed E-state index contributed by atoms with van der Waals surface area (Å²) in [4.78, 5) is 14.3. The number of nitrogens with zero attached hydrogens (tertiary/aromatic N) is 1. The summed E-state index contributed by atoms with van der Waals surface area (Å²) in [6.45, 7) is -1.63. The summed E-state index contributed by atoms with van der Waals surface area (Å²) >= 11 is 0. The van der Waals surface area contributed by atoms with Crippen molar-refractivity contribution in [3.63, 3.8) is 0 Å². The minimum Gasteiger partial charge on any atom is -0.493 e. The van der Waals surface area contributed by atoms with Gasteiger partial charge in [-0.1, -0.05) is 25.3 Å². The van der Waals surface area contributed by atoms with Gasteiger partial charge in [0.25, 0.3) is 0 Å². The third-order valence-corrected chi connectivity index (χ3v) is 7.18. The Bertz CT molecular complexity index is 779. The molecule has 9 heteroatoms. The Morgan fingerprint density at radius 3 is 2.43 bits per heavy atom. The van der Waals surface area contributed by atoms with E-state index in [9.17, 15) is 22.0 Å². The van der Waals surface area contributed by atoms with Crippen LogP contribution in [0.25, 0.3) is 0 Å². The molecule has 28 heavy (non-hydrogen) atoms. The molecule has 0 N–H and O–H groups in total. The molecule has 1 aliphatic carbocycles. The second-order valence-electron chi connectivity index (χ2n) is 7.05. The summed E-state index contributed by atoms with van der Waals surface area (Å²) in [5.41, 5.74) is 0.332. The Morgan fingerprint density at radius 2 is 1.86 bits per heavy atom. The van der Waals surface area contributed by atoms with Gasteiger partial charge < -0.3 is 14.4 Å². The van der Waals surface area contributed by atoms with Crippen molar-refractivity contribution in [1.29, 1.82) is 0 Å². The molecule has 1 aromatic rings. The zero-order valence-corrected chi connectivity index (χ0v) is 17.2. The fraction of sp³-hybridized carbons (Fsp3) is 0.632. The number of sulfone groups is 1. The van der Waals surface area contributed by atoms with E-state index in [4.69, 9.17) is 4.74 Å². The second kappa shape index (κ2) is 9.54. The van der Waals surface area contributed by atoms with Crippen molar-refractivity contribution in [2.75, 3.05) is 14.2 Å². The molecule has 1 aliphatic rings. The van der Waals surface area contributed by atoms with Crippen LogP contribution < -0.4 is 9.47 Å². The predicted octanol–water partition coefficient (Wildman–Crippen LogP) is 3.39. The van der Waals surface area contributed by atoms with Gasteiger partial charge >= 0.3 is 6.61 Å². The molecule has 0 spiro atoms. The third-order valence-electron chi connectivity index (χ3n) is 5.17. The quantitative estimate of drug-likeness (QED) is 0.646. The Labute approximate surface area is 164 Å². The molecule has 1 atom stereocenters. The number of halogens is 2. The van der Waals surface area contributed by atoms with E-state index in [-0.39, 0.29) is 17.5 Å².